The minimum Gasteiger partial charge on any atom is -0.507 e. The van der Waals surface area contributed by atoms with E-state index in [1.165, 1.54) is 12.3 Å². The molecule has 6 nitrogen and oxygen atoms in total. The number of nitrogens with one attached hydrogen (secondary N) is 2. The van der Waals surface area contributed by atoms with Crippen LogP contribution in [0.1, 0.15) is 24.0 Å². The molecule has 2 aromatic rings. The molecule has 0 radical (unpaired) electrons. The van der Waals surface area contributed by atoms with Crippen LogP contribution in [0.3, 0.4) is 0 Å². The van der Waals surface area contributed by atoms with Gasteiger partial charge in [0.05, 0.1) is 6.21 Å². The number of aromatic hydroxyl groups is 1. The zero-order valence-corrected chi connectivity index (χ0v) is 13.3. The zero-order valence-electron chi connectivity index (χ0n) is 13.3. The lowest BCUT2D eigenvalue weighted by molar-refractivity contribution is -0.124. The fourth-order valence-corrected chi connectivity index (χ4v) is 2.00. The van der Waals surface area contributed by atoms with Gasteiger partial charge in [-0.25, -0.2) is 5.43 Å². The summed E-state index contributed by atoms with van der Waals surface area (Å²) in [4.78, 5) is 23.5. The van der Waals surface area contributed by atoms with Crippen molar-refractivity contribution in [3.8, 4) is 5.75 Å². The van der Waals surface area contributed by atoms with Crippen LogP contribution in [0.25, 0.3) is 0 Å². The van der Waals surface area contributed by atoms with Gasteiger partial charge in [-0.15, -0.1) is 0 Å². The van der Waals surface area contributed by atoms with Gasteiger partial charge in [0.25, 0.3) is 0 Å². The number of nitrogens with zero attached hydrogens (tertiary/aromatic N) is 1. The number of para-hydroxylation sites is 1. The molecule has 0 atom stereocenters. The quantitative estimate of drug-likeness (QED) is 0.563. The van der Waals surface area contributed by atoms with Crippen LogP contribution in [-0.4, -0.2) is 23.1 Å². The Labute approximate surface area is 140 Å². The fraction of sp³-hybridized carbons (Fsp3) is 0.167. The van der Waals surface area contributed by atoms with E-state index in [2.05, 4.69) is 15.8 Å². The average Bonchev–Trinajstić information content (AvgIpc) is 2.55. The molecular formula is C18H19N3O3. The van der Waals surface area contributed by atoms with Gasteiger partial charge in [0.15, 0.2) is 0 Å². The number of rotatable bonds is 6. The number of hydrogen-bond donors (Lipinski definition) is 3. The first-order valence-corrected chi connectivity index (χ1v) is 7.51. The van der Waals surface area contributed by atoms with Crippen molar-refractivity contribution in [2.75, 3.05) is 5.32 Å². The lowest BCUT2D eigenvalue weighted by Crippen LogP contribution is -2.20. The van der Waals surface area contributed by atoms with Crippen molar-refractivity contribution >= 4 is 23.7 Å². The van der Waals surface area contributed by atoms with Crippen LogP contribution in [0, 0.1) is 6.92 Å². The van der Waals surface area contributed by atoms with Crippen molar-refractivity contribution < 1.29 is 14.7 Å². The minimum atomic E-state index is -0.374. The summed E-state index contributed by atoms with van der Waals surface area (Å²) in [5.41, 5.74) is 4.57. The Morgan fingerprint density at radius 2 is 1.83 bits per heavy atom. The Hall–Kier alpha value is -3.15. The third-order valence-corrected chi connectivity index (χ3v) is 3.21. The Morgan fingerprint density at radius 1 is 1.08 bits per heavy atom. The molecule has 124 valence electrons. The maximum absolute atomic E-state index is 11.8. The molecule has 0 aromatic heterocycles. The maximum atomic E-state index is 11.8. The second kappa shape index (κ2) is 8.47. The van der Waals surface area contributed by atoms with Gasteiger partial charge in [-0.3, -0.25) is 9.59 Å². The van der Waals surface area contributed by atoms with E-state index in [1.807, 2.05) is 25.1 Å². The number of benzene rings is 2. The summed E-state index contributed by atoms with van der Waals surface area (Å²) < 4.78 is 0. The number of hydrazone groups is 1. The summed E-state index contributed by atoms with van der Waals surface area (Å²) in [7, 11) is 0. The second-order valence-corrected chi connectivity index (χ2v) is 5.27. The first-order valence-electron chi connectivity index (χ1n) is 7.51. The number of anilines is 1. The van der Waals surface area contributed by atoms with Crippen LogP contribution in [0.5, 0.6) is 5.75 Å². The number of hydrogen-bond acceptors (Lipinski definition) is 4. The molecule has 24 heavy (non-hydrogen) atoms. The topological polar surface area (TPSA) is 90.8 Å². The van der Waals surface area contributed by atoms with E-state index < -0.39 is 0 Å². The van der Waals surface area contributed by atoms with Gasteiger partial charge in [0, 0.05) is 24.1 Å². The van der Waals surface area contributed by atoms with E-state index in [0.717, 1.165) is 5.56 Å². The van der Waals surface area contributed by atoms with Crippen molar-refractivity contribution in [3.63, 3.8) is 0 Å². The number of aryl methyl sites for hydroxylation is 1. The first kappa shape index (κ1) is 17.2. The number of carbonyl (C=O) groups excluding carboxylic acids is 2. The van der Waals surface area contributed by atoms with Crippen LogP contribution >= 0.6 is 0 Å². The predicted octanol–water partition coefficient (Wildman–Crippen LogP) is 2.57. The summed E-state index contributed by atoms with van der Waals surface area (Å²) >= 11 is 0. The highest BCUT2D eigenvalue weighted by Gasteiger charge is 2.07. The van der Waals surface area contributed by atoms with Crippen molar-refractivity contribution in [2.24, 2.45) is 5.10 Å². The number of phenols is 1. The van der Waals surface area contributed by atoms with Crippen molar-refractivity contribution in [3.05, 3.63) is 59.7 Å². The predicted molar refractivity (Wildman–Crippen MR) is 92.9 cm³/mol. The molecule has 3 N–H and O–H groups in total. The molecule has 0 aliphatic carbocycles. The van der Waals surface area contributed by atoms with Crippen molar-refractivity contribution in [1.82, 2.24) is 5.43 Å². The van der Waals surface area contributed by atoms with Gasteiger partial charge in [-0.05, 0) is 36.8 Å². The fourth-order valence-electron chi connectivity index (χ4n) is 2.00. The largest absolute Gasteiger partial charge is 0.507 e. The molecule has 2 amide bonds. The molecule has 0 saturated heterocycles. The van der Waals surface area contributed by atoms with E-state index in [-0.39, 0.29) is 30.4 Å². The smallest absolute Gasteiger partial charge is 0.240 e. The molecule has 0 heterocycles. The van der Waals surface area contributed by atoms with Crippen molar-refractivity contribution in [1.29, 1.82) is 0 Å². The third kappa shape index (κ3) is 5.57. The summed E-state index contributed by atoms with van der Waals surface area (Å²) in [6.07, 6.45) is 1.43. The molecular weight excluding hydrogens is 306 g/mol. The van der Waals surface area contributed by atoms with Gasteiger partial charge < -0.3 is 10.4 Å². The van der Waals surface area contributed by atoms with Crippen molar-refractivity contribution in [2.45, 2.75) is 19.8 Å². The highest BCUT2D eigenvalue weighted by molar-refractivity contribution is 5.93. The number of amides is 2. The minimum absolute atomic E-state index is 0.0236. The van der Waals surface area contributed by atoms with Crippen LogP contribution in [0.2, 0.25) is 0 Å². The maximum Gasteiger partial charge on any atom is 0.240 e. The van der Waals surface area contributed by atoms with E-state index in [0.29, 0.717) is 11.3 Å². The van der Waals surface area contributed by atoms with Crippen LogP contribution < -0.4 is 10.7 Å². The van der Waals surface area contributed by atoms with Crippen LogP contribution in [-0.2, 0) is 9.59 Å². The molecule has 2 aromatic carbocycles. The standard InChI is InChI=1S/C18H19N3O3/c1-13-5-4-7-15(11-13)20-17(23)9-10-18(24)21-19-12-14-6-2-3-8-16(14)22/h2-8,11-12,22H,9-10H2,1H3,(H,20,23)(H,21,24)/b19-12-. The zero-order chi connectivity index (χ0) is 17.4. The molecule has 0 spiro atoms. The molecule has 0 unspecified atom stereocenters. The Balaban J connectivity index is 1.75. The SMILES string of the molecule is Cc1cccc(NC(=O)CCC(=O)N/N=C\c2ccccc2O)c1. The third-order valence-electron chi connectivity index (χ3n) is 3.21. The number of phenolic OH excluding ortho intramolecular Hbond substituents is 1. The number of carbonyl (C=O) groups is 2. The molecule has 2 rings (SSSR count). The monoisotopic (exact) mass is 325 g/mol. The van der Waals surface area contributed by atoms with E-state index in [1.54, 1.807) is 24.3 Å². The molecule has 0 fully saturated rings. The van der Waals surface area contributed by atoms with E-state index in [4.69, 9.17) is 0 Å². The summed E-state index contributed by atoms with van der Waals surface area (Å²) in [6, 6.07) is 14.1. The Bertz CT molecular complexity index is 757. The lowest BCUT2D eigenvalue weighted by atomic mass is 10.2. The normalized spacial score (nSPS) is 10.5. The van der Waals surface area contributed by atoms with E-state index >= 15 is 0 Å². The summed E-state index contributed by atoms with van der Waals surface area (Å²) in [5.74, 6) is -0.533. The molecule has 0 aliphatic rings. The first-order chi connectivity index (χ1) is 11.5. The lowest BCUT2D eigenvalue weighted by Gasteiger charge is -2.05. The molecule has 0 bridgehead atoms. The van der Waals surface area contributed by atoms with Crippen LogP contribution in [0.4, 0.5) is 5.69 Å². The molecule has 0 saturated carbocycles. The summed E-state index contributed by atoms with van der Waals surface area (Å²) in [5, 5.41) is 16.1. The van der Waals surface area contributed by atoms with Gasteiger partial charge >= 0.3 is 0 Å². The average molecular weight is 325 g/mol. The second-order valence-electron chi connectivity index (χ2n) is 5.27. The summed E-state index contributed by atoms with van der Waals surface area (Å²) in [6.45, 7) is 1.94. The highest BCUT2D eigenvalue weighted by atomic mass is 16.3. The van der Waals surface area contributed by atoms with Crippen LogP contribution in [0.15, 0.2) is 53.6 Å². The molecule has 0 aliphatic heterocycles. The highest BCUT2D eigenvalue weighted by Crippen LogP contribution is 2.12. The van der Waals surface area contributed by atoms with Gasteiger partial charge in [0.2, 0.25) is 11.8 Å². The Kier molecular flexibility index (Phi) is 6.08. The van der Waals surface area contributed by atoms with E-state index in [9.17, 15) is 14.7 Å². The van der Waals surface area contributed by atoms with Gasteiger partial charge in [0.1, 0.15) is 5.75 Å². The Morgan fingerprint density at radius 3 is 2.58 bits per heavy atom. The van der Waals surface area contributed by atoms with Gasteiger partial charge in [-0.1, -0.05) is 24.3 Å². The molecule has 6 heteroatoms. The van der Waals surface area contributed by atoms with Gasteiger partial charge in [-0.2, -0.15) is 5.10 Å².